The first kappa shape index (κ1) is 39.2. The Kier molecular flexibility index (Phi) is 12.2. The number of esters is 3. The lowest BCUT2D eigenvalue weighted by molar-refractivity contribution is -0.308. The molecular weight excluding hydrogens is 708 g/mol. The van der Waals surface area contributed by atoms with Crippen molar-refractivity contribution >= 4 is 41.6 Å². The number of hydrogen-bond acceptors (Lipinski definition) is 13. The zero-order valence-corrected chi connectivity index (χ0v) is 29.9. The number of nitrogens with one attached hydrogen (secondary N) is 2. The number of alkyl carbamates (subject to hydrolysis) is 1. The molecule has 4 N–H and O–H groups in total. The summed E-state index contributed by atoms with van der Waals surface area (Å²) in [5, 5.41) is 25.1. The summed E-state index contributed by atoms with van der Waals surface area (Å²) in [5.74, 6) is -5.27. The van der Waals surface area contributed by atoms with Crippen molar-refractivity contribution in [1.82, 2.24) is 5.32 Å². The van der Waals surface area contributed by atoms with Gasteiger partial charge in [-0.3, -0.25) is 19.2 Å². The fourth-order valence-electron chi connectivity index (χ4n) is 6.41. The number of benzene rings is 3. The average Bonchev–Trinajstić information content (AvgIpc) is 3.44. The largest absolute Gasteiger partial charge is 0.479 e. The van der Waals surface area contributed by atoms with Crippen LogP contribution in [0.3, 0.4) is 0 Å². The molecule has 0 radical (unpaired) electrons. The number of carbonyl (C=O) groups is 6. The van der Waals surface area contributed by atoms with Crippen molar-refractivity contribution in [2.75, 3.05) is 18.5 Å². The van der Waals surface area contributed by atoms with E-state index in [9.17, 15) is 39.0 Å². The SMILES string of the molecule is CC(=O)O[C@@H]1[C@@H](OC(C)=O)[C@@H](Oc2ccc(CO)cc2NC(=O)CCNC(=O)OCC2c3ccccc3-c3ccccc32)O[C@](C)(C(=O)O)[C@H]1OC(C)=O. The van der Waals surface area contributed by atoms with Gasteiger partial charge in [0, 0.05) is 39.7 Å². The van der Waals surface area contributed by atoms with E-state index in [4.69, 9.17) is 28.4 Å². The molecule has 0 spiro atoms. The van der Waals surface area contributed by atoms with E-state index in [1.165, 1.54) is 18.2 Å². The molecule has 286 valence electrons. The first-order valence-electron chi connectivity index (χ1n) is 16.9. The third-order valence-corrected chi connectivity index (χ3v) is 8.82. The zero-order chi connectivity index (χ0) is 39.2. The van der Waals surface area contributed by atoms with Gasteiger partial charge in [-0.1, -0.05) is 54.6 Å². The maximum atomic E-state index is 13.1. The molecule has 0 unspecified atom stereocenters. The van der Waals surface area contributed by atoms with Crippen LogP contribution in [-0.2, 0) is 54.3 Å². The Morgan fingerprint density at radius 1 is 0.815 bits per heavy atom. The van der Waals surface area contributed by atoms with E-state index in [2.05, 4.69) is 10.6 Å². The molecule has 3 aromatic rings. The summed E-state index contributed by atoms with van der Waals surface area (Å²) < 4.78 is 33.3. The van der Waals surface area contributed by atoms with Gasteiger partial charge >= 0.3 is 30.0 Å². The number of amides is 2. The van der Waals surface area contributed by atoms with Crippen LogP contribution >= 0.6 is 0 Å². The van der Waals surface area contributed by atoms with Gasteiger partial charge in [-0.05, 0) is 46.9 Å². The Balaban J connectivity index is 1.27. The van der Waals surface area contributed by atoms with Gasteiger partial charge in [0.1, 0.15) is 12.4 Å². The fourth-order valence-corrected chi connectivity index (χ4v) is 6.41. The molecule has 0 bridgehead atoms. The van der Waals surface area contributed by atoms with Crippen LogP contribution in [0.15, 0.2) is 66.7 Å². The number of rotatable bonds is 13. The molecule has 0 aromatic heterocycles. The maximum Gasteiger partial charge on any atom is 0.407 e. The molecule has 1 fully saturated rings. The summed E-state index contributed by atoms with van der Waals surface area (Å²) in [6, 6.07) is 19.9. The number of ether oxygens (including phenoxy) is 6. The second-order valence-electron chi connectivity index (χ2n) is 12.7. The number of carboxylic acid groups (broad SMARTS) is 1. The molecule has 1 aliphatic carbocycles. The topological polar surface area (TPSA) is 222 Å². The summed E-state index contributed by atoms with van der Waals surface area (Å²) in [6.45, 7) is 3.64. The molecule has 2 aliphatic rings. The molecule has 1 aliphatic heterocycles. The Morgan fingerprint density at radius 3 is 1.98 bits per heavy atom. The van der Waals surface area contributed by atoms with Crippen LogP contribution in [0.5, 0.6) is 5.75 Å². The van der Waals surface area contributed by atoms with Gasteiger partial charge in [-0.2, -0.15) is 0 Å². The van der Waals surface area contributed by atoms with E-state index >= 15 is 0 Å². The predicted octanol–water partition coefficient (Wildman–Crippen LogP) is 3.42. The highest BCUT2D eigenvalue weighted by atomic mass is 16.7. The van der Waals surface area contributed by atoms with Crippen molar-refractivity contribution in [3.8, 4) is 16.9 Å². The van der Waals surface area contributed by atoms with E-state index < -0.39 is 72.7 Å². The summed E-state index contributed by atoms with van der Waals surface area (Å²) in [7, 11) is 0. The highest BCUT2D eigenvalue weighted by Gasteiger charge is 2.62. The number of hydrogen-bond donors (Lipinski definition) is 4. The normalized spacial score (nSPS) is 21.4. The van der Waals surface area contributed by atoms with Gasteiger partial charge in [-0.15, -0.1) is 0 Å². The van der Waals surface area contributed by atoms with Crippen molar-refractivity contribution in [3.05, 3.63) is 83.4 Å². The van der Waals surface area contributed by atoms with Crippen LogP contribution in [0.1, 0.15) is 56.7 Å². The van der Waals surface area contributed by atoms with E-state index in [1.54, 1.807) is 0 Å². The van der Waals surface area contributed by atoms with Crippen molar-refractivity contribution in [2.45, 2.75) is 76.8 Å². The average molecular weight is 749 g/mol. The molecule has 5 rings (SSSR count). The molecule has 1 saturated heterocycles. The van der Waals surface area contributed by atoms with Gasteiger partial charge in [0.25, 0.3) is 0 Å². The molecule has 16 nitrogen and oxygen atoms in total. The number of fused-ring (bicyclic) bond motifs is 3. The highest BCUT2D eigenvalue weighted by Crippen LogP contribution is 2.44. The number of aliphatic hydroxyl groups is 1. The third kappa shape index (κ3) is 8.78. The lowest BCUT2D eigenvalue weighted by Crippen LogP contribution is -2.69. The molecule has 54 heavy (non-hydrogen) atoms. The molecule has 2 amide bonds. The Labute approximate surface area is 309 Å². The minimum Gasteiger partial charge on any atom is -0.479 e. The number of anilines is 1. The molecule has 1 heterocycles. The second-order valence-corrected chi connectivity index (χ2v) is 12.7. The number of aliphatic hydroxyl groups excluding tert-OH is 1. The van der Waals surface area contributed by atoms with Crippen LogP contribution in [0.4, 0.5) is 10.5 Å². The van der Waals surface area contributed by atoms with Gasteiger partial charge in [0.05, 0.1) is 12.3 Å². The number of aliphatic carboxylic acids is 1. The van der Waals surface area contributed by atoms with Crippen LogP contribution in [0.2, 0.25) is 0 Å². The third-order valence-electron chi connectivity index (χ3n) is 8.82. The minimum absolute atomic E-state index is 0.0129. The molecule has 0 saturated carbocycles. The number of carboxylic acids is 1. The summed E-state index contributed by atoms with van der Waals surface area (Å²) in [5.41, 5.74) is 2.19. The zero-order valence-electron chi connectivity index (χ0n) is 29.9. The summed E-state index contributed by atoms with van der Waals surface area (Å²) in [6.07, 6.45) is -7.94. The molecule has 5 atom stereocenters. The fraction of sp³-hybridized carbons (Fsp3) is 0.368. The van der Waals surface area contributed by atoms with Crippen LogP contribution in [-0.4, -0.2) is 89.4 Å². The second kappa shape index (κ2) is 16.8. The molecule has 16 heteroatoms. The lowest BCUT2D eigenvalue weighted by atomic mass is 9.87. The van der Waals surface area contributed by atoms with E-state index in [0.717, 1.165) is 49.9 Å². The minimum atomic E-state index is -2.40. The van der Waals surface area contributed by atoms with E-state index in [1.807, 2.05) is 48.5 Å². The van der Waals surface area contributed by atoms with Crippen LogP contribution < -0.4 is 15.4 Å². The van der Waals surface area contributed by atoms with Gasteiger partial charge in [0.2, 0.25) is 23.9 Å². The Bertz CT molecular complexity index is 1890. The van der Waals surface area contributed by atoms with Crippen LogP contribution in [0, 0.1) is 0 Å². The van der Waals surface area contributed by atoms with Crippen molar-refractivity contribution in [2.24, 2.45) is 0 Å². The smallest absolute Gasteiger partial charge is 0.407 e. The van der Waals surface area contributed by atoms with Crippen molar-refractivity contribution < 1.29 is 67.4 Å². The lowest BCUT2D eigenvalue weighted by Gasteiger charge is -2.47. The Morgan fingerprint density at radius 2 is 1.41 bits per heavy atom. The van der Waals surface area contributed by atoms with Gasteiger partial charge in [0.15, 0.2) is 12.2 Å². The van der Waals surface area contributed by atoms with Crippen molar-refractivity contribution in [1.29, 1.82) is 0 Å². The Hall–Kier alpha value is -6.00. The van der Waals surface area contributed by atoms with E-state index in [0.29, 0.717) is 5.56 Å². The van der Waals surface area contributed by atoms with Crippen LogP contribution in [0.25, 0.3) is 11.1 Å². The summed E-state index contributed by atoms with van der Waals surface area (Å²) in [4.78, 5) is 74.6. The van der Waals surface area contributed by atoms with Gasteiger partial charge < -0.3 is 49.3 Å². The maximum absolute atomic E-state index is 13.1. The number of carbonyl (C=O) groups excluding carboxylic acids is 5. The predicted molar refractivity (Wildman–Crippen MR) is 187 cm³/mol. The highest BCUT2D eigenvalue weighted by molar-refractivity contribution is 5.92. The molecule has 3 aromatic carbocycles. The van der Waals surface area contributed by atoms with Crippen molar-refractivity contribution in [3.63, 3.8) is 0 Å². The van der Waals surface area contributed by atoms with E-state index in [-0.39, 0.29) is 36.9 Å². The quantitative estimate of drug-likeness (QED) is 0.145. The first-order chi connectivity index (χ1) is 25.7. The first-order valence-corrected chi connectivity index (χ1v) is 16.9. The standard InChI is InChI=1S/C38H40N2O14/c1-20(42)50-32-33(51-21(2)43)35(54-38(4,36(46)47)34(32)52-22(3)44)53-30-14-13-23(18-41)17-29(30)40-31(45)15-16-39-37(48)49-19-28-26-11-7-5-9-24(26)25-10-6-8-12-27(25)28/h5-14,17,28,32-35,41H,15-16,18-19H2,1-4H3,(H,39,48)(H,40,45)(H,46,47)/t32-,33-,34+,35+,38+/m1/s1. The molecular formula is C38H40N2O14. The monoisotopic (exact) mass is 748 g/mol. The summed E-state index contributed by atoms with van der Waals surface area (Å²) >= 11 is 0. The van der Waals surface area contributed by atoms with Gasteiger partial charge in [-0.25, -0.2) is 9.59 Å².